The maximum atomic E-state index is 14.1. The number of nitriles is 1. The largest absolute Gasteiger partial charge is 0.296 e. The highest BCUT2D eigenvalue weighted by molar-refractivity contribution is 5.31. The number of hydrogen-bond acceptors (Lipinski definition) is 2. The molecule has 3 heteroatoms. The lowest BCUT2D eigenvalue weighted by atomic mass is 9.99. The Morgan fingerprint density at radius 1 is 1.04 bits per heavy atom. The van der Waals surface area contributed by atoms with Crippen LogP contribution in [0.5, 0.6) is 0 Å². The third-order valence-corrected chi connectivity index (χ3v) is 5.55. The number of rotatable bonds is 9. The second kappa shape index (κ2) is 11.0. The molecule has 2 nitrogen and oxygen atoms in total. The van der Waals surface area contributed by atoms with E-state index in [-0.39, 0.29) is 0 Å². The molecule has 0 aliphatic heterocycles. The summed E-state index contributed by atoms with van der Waals surface area (Å²) in [5.41, 5.74) is 2.55. The summed E-state index contributed by atoms with van der Waals surface area (Å²) in [6.45, 7) is 8.04. The highest BCUT2D eigenvalue weighted by Crippen LogP contribution is 2.49. The molecule has 28 heavy (non-hydrogen) atoms. The van der Waals surface area contributed by atoms with Gasteiger partial charge in [-0.15, -0.1) is 0 Å². The molecule has 2 aromatic carbocycles. The first-order valence-electron chi connectivity index (χ1n) is 10.4. The van der Waals surface area contributed by atoms with Gasteiger partial charge in [0.25, 0.3) is 0 Å². The van der Waals surface area contributed by atoms with Crippen LogP contribution in [0.15, 0.2) is 54.6 Å². The van der Waals surface area contributed by atoms with Gasteiger partial charge in [0.15, 0.2) is 0 Å². The summed E-state index contributed by atoms with van der Waals surface area (Å²) in [5, 5.41) is 7.32. The van der Waals surface area contributed by atoms with Crippen molar-refractivity contribution in [1.29, 1.82) is 5.26 Å². The van der Waals surface area contributed by atoms with Crippen LogP contribution in [-0.2, 0) is 18.6 Å². The van der Waals surface area contributed by atoms with Gasteiger partial charge in [-0.1, -0.05) is 68.4 Å². The van der Waals surface area contributed by atoms with Gasteiger partial charge in [-0.25, -0.2) is 4.39 Å². The summed E-state index contributed by atoms with van der Waals surface area (Å²) in [5.74, 6) is 0. The van der Waals surface area contributed by atoms with Gasteiger partial charge < -0.3 is 0 Å². The van der Waals surface area contributed by atoms with Crippen molar-refractivity contribution in [1.82, 2.24) is 4.90 Å². The van der Waals surface area contributed by atoms with Crippen LogP contribution in [0.2, 0.25) is 0 Å². The Kier molecular flexibility index (Phi) is 8.67. The highest BCUT2D eigenvalue weighted by atomic mass is 19.1. The normalized spacial score (nSPS) is 15.3. The third kappa shape index (κ3) is 6.46. The fourth-order valence-electron chi connectivity index (χ4n) is 3.66. The van der Waals surface area contributed by atoms with Crippen LogP contribution in [0.25, 0.3) is 0 Å². The van der Waals surface area contributed by atoms with E-state index < -0.39 is 5.67 Å². The number of alkyl halides is 1. The molecular formula is C25H33FN2. The lowest BCUT2D eigenvalue weighted by Crippen LogP contribution is -2.34. The van der Waals surface area contributed by atoms with E-state index in [0.29, 0.717) is 18.9 Å². The predicted molar refractivity (Wildman–Crippen MR) is 115 cm³/mol. The van der Waals surface area contributed by atoms with Crippen LogP contribution >= 0.6 is 0 Å². The van der Waals surface area contributed by atoms with Crippen LogP contribution in [0.1, 0.15) is 63.1 Å². The van der Waals surface area contributed by atoms with Gasteiger partial charge in [-0.2, -0.15) is 5.26 Å². The molecule has 150 valence electrons. The summed E-state index contributed by atoms with van der Waals surface area (Å²) in [7, 11) is 0. The molecule has 1 saturated carbocycles. The lowest BCUT2D eigenvalue weighted by molar-refractivity contribution is 0.182. The summed E-state index contributed by atoms with van der Waals surface area (Å²) in [4.78, 5) is 2.57. The Bertz CT molecular complexity index is 729. The average molecular weight is 381 g/mol. The maximum Gasteiger partial charge on any atom is 0.136 e. The van der Waals surface area contributed by atoms with Crippen molar-refractivity contribution in [2.24, 2.45) is 0 Å². The Morgan fingerprint density at radius 2 is 1.64 bits per heavy atom. The van der Waals surface area contributed by atoms with Gasteiger partial charge in [0.1, 0.15) is 5.67 Å². The summed E-state index contributed by atoms with van der Waals surface area (Å²) in [6.07, 6.45) is 4.75. The minimum Gasteiger partial charge on any atom is -0.296 e. The smallest absolute Gasteiger partial charge is 0.136 e. The molecule has 0 saturated heterocycles. The Labute approximate surface area is 170 Å². The second-order valence-corrected chi connectivity index (χ2v) is 7.54. The topological polar surface area (TPSA) is 27.0 Å². The van der Waals surface area contributed by atoms with E-state index in [9.17, 15) is 4.39 Å². The molecule has 2 aromatic rings. The van der Waals surface area contributed by atoms with Crippen molar-refractivity contribution < 1.29 is 4.39 Å². The van der Waals surface area contributed by atoms with E-state index in [0.717, 1.165) is 37.9 Å². The van der Waals surface area contributed by atoms with E-state index >= 15 is 0 Å². The predicted octanol–water partition coefficient (Wildman–Crippen LogP) is 6.41. The molecule has 1 aliphatic carbocycles. The van der Waals surface area contributed by atoms with Crippen LogP contribution in [0.3, 0.4) is 0 Å². The minimum absolute atomic E-state index is 0.584. The van der Waals surface area contributed by atoms with Crippen LogP contribution < -0.4 is 0 Å². The molecular weight excluding hydrogens is 347 g/mol. The summed E-state index contributed by atoms with van der Waals surface area (Å²) >= 11 is 0. The van der Waals surface area contributed by atoms with E-state index in [1.165, 1.54) is 18.1 Å². The number of aryl methyl sites for hydroxylation is 1. The molecule has 0 N–H and O–H groups in total. The average Bonchev–Trinajstić information content (AvgIpc) is 3.48. The maximum absolute atomic E-state index is 14.1. The summed E-state index contributed by atoms with van der Waals surface area (Å²) < 4.78 is 14.1. The highest BCUT2D eigenvalue weighted by Gasteiger charge is 2.44. The van der Waals surface area contributed by atoms with E-state index in [4.69, 9.17) is 5.26 Å². The zero-order valence-electron chi connectivity index (χ0n) is 17.5. The number of benzene rings is 2. The van der Waals surface area contributed by atoms with Gasteiger partial charge >= 0.3 is 0 Å². The molecule has 1 atom stereocenters. The second-order valence-electron chi connectivity index (χ2n) is 7.54. The van der Waals surface area contributed by atoms with Crippen molar-refractivity contribution in [3.05, 3.63) is 71.3 Å². The van der Waals surface area contributed by atoms with Gasteiger partial charge in [-0.3, -0.25) is 4.90 Å². The van der Waals surface area contributed by atoms with Crippen LogP contribution in [-0.4, -0.2) is 17.5 Å². The molecule has 0 bridgehead atoms. The lowest BCUT2D eigenvalue weighted by Gasteiger charge is -2.30. The monoisotopic (exact) mass is 380 g/mol. The van der Waals surface area contributed by atoms with E-state index in [1.54, 1.807) is 6.07 Å². The zero-order valence-corrected chi connectivity index (χ0v) is 17.5. The molecule has 1 fully saturated rings. The SMILES string of the molecule is CC#N.CCC(CCc1ccc(C2(F)CC2)cc1)N(CC)Cc1ccccc1. The van der Waals surface area contributed by atoms with Crippen molar-refractivity contribution in [3.63, 3.8) is 0 Å². The Morgan fingerprint density at radius 3 is 2.14 bits per heavy atom. The first-order valence-corrected chi connectivity index (χ1v) is 10.4. The first-order chi connectivity index (χ1) is 13.6. The minimum atomic E-state index is -1.01. The number of hydrogen-bond donors (Lipinski definition) is 0. The van der Waals surface area contributed by atoms with Gasteiger partial charge in [0.05, 0.1) is 6.07 Å². The van der Waals surface area contributed by atoms with E-state index in [2.05, 4.69) is 61.2 Å². The molecule has 0 spiro atoms. The van der Waals surface area contributed by atoms with Crippen molar-refractivity contribution in [2.75, 3.05) is 6.54 Å². The van der Waals surface area contributed by atoms with Crippen molar-refractivity contribution in [2.45, 2.75) is 71.1 Å². The molecule has 0 aromatic heterocycles. The third-order valence-electron chi connectivity index (χ3n) is 5.55. The standard InChI is InChI=1S/C23H30FN.C2H3N/c1-3-22(25(4-2)18-20-8-6-5-7-9-20)15-12-19-10-13-21(14-11-19)23(24)16-17-23;1-2-3/h5-11,13-14,22H,3-4,12,15-18H2,1-2H3;1H3. The summed E-state index contributed by atoms with van der Waals surface area (Å²) in [6, 6.07) is 21.3. The van der Waals surface area contributed by atoms with Crippen molar-refractivity contribution >= 4 is 0 Å². The zero-order chi connectivity index (χ0) is 20.4. The molecule has 0 radical (unpaired) electrons. The molecule has 1 unspecified atom stereocenters. The van der Waals surface area contributed by atoms with Crippen molar-refractivity contribution in [3.8, 4) is 6.07 Å². The van der Waals surface area contributed by atoms with Gasteiger partial charge in [0.2, 0.25) is 0 Å². The van der Waals surface area contributed by atoms with Crippen LogP contribution in [0.4, 0.5) is 4.39 Å². The van der Waals surface area contributed by atoms with Gasteiger partial charge in [-0.05, 0) is 55.3 Å². The molecule has 3 rings (SSSR count). The van der Waals surface area contributed by atoms with E-state index in [1.807, 2.05) is 12.1 Å². The molecule has 1 aliphatic rings. The Balaban J connectivity index is 0.000000878. The fraction of sp³-hybridized carbons (Fsp3) is 0.480. The van der Waals surface area contributed by atoms with Crippen LogP contribution in [0, 0.1) is 11.3 Å². The first kappa shape index (κ1) is 22.1. The molecule has 0 amide bonds. The number of nitrogens with zero attached hydrogens (tertiary/aromatic N) is 2. The molecule has 0 heterocycles. The van der Waals surface area contributed by atoms with Gasteiger partial charge in [0, 0.05) is 19.5 Å². The quantitative estimate of drug-likeness (QED) is 0.503. The Hall–Kier alpha value is -2.18. The number of halogens is 1. The fourth-order valence-corrected chi connectivity index (χ4v) is 3.66.